The molecule has 5 heteroatoms. The lowest BCUT2D eigenvalue weighted by atomic mass is 10.2. The summed E-state index contributed by atoms with van der Waals surface area (Å²) in [5.41, 5.74) is -0.487. The average Bonchev–Trinajstić information content (AvgIpc) is 2.05. The zero-order valence-corrected chi connectivity index (χ0v) is 10.2. The van der Waals surface area contributed by atoms with E-state index in [0.717, 1.165) is 0 Å². The molecule has 0 atom stereocenters. The van der Waals surface area contributed by atoms with Gasteiger partial charge in [-0.1, -0.05) is 0 Å². The van der Waals surface area contributed by atoms with E-state index in [0.29, 0.717) is 26.2 Å². The molecule has 1 saturated heterocycles. The summed E-state index contributed by atoms with van der Waals surface area (Å²) in [5, 5.41) is 8.79. The third-order valence-electron chi connectivity index (χ3n) is 2.25. The van der Waals surface area contributed by atoms with Crippen molar-refractivity contribution in [3.63, 3.8) is 0 Å². The van der Waals surface area contributed by atoms with Crippen LogP contribution < -0.4 is 0 Å². The van der Waals surface area contributed by atoms with Gasteiger partial charge in [0.1, 0.15) is 5.60 Å². The van der Waals surface area contributed by atoms with Crippen LogP contribution >= 0.6 is 0 Å². The van der Waals surface area contributed by atoms with Gasteiger partial charge in [-0.3, -0.25) is 0 Å². The molecule has 0 spiro atoms. The van der Waals surface area contributed by atoms with Crippen molar-refractivity contribution in [1.82, 2.24) is 4.90 Å². The fourth-order valence-electron chi connectivity index (χ4n) is 1.39. The summed E-state index contributed by atoms with van der Waals surface area (Å²) >= 11 is 0. The maximum absolute atomic E-state index is 11.9. The summed E-state index contributed by atoms with van der Waals surface area (Å²) in [4.78, 5) is 13.5. The number of hydrogen-bond acceptors (Lipinski definition) is 4. The predicted molar refractivity (Wildman–Crippen MR) is 59.2 cm³/mol. The van der Waals surface area contributed by atoms with Gasteiger partial charge in [-0.25, -0.2) is 4.79 Å². The van der Waals surface area contributed by atoms with Crippen LogP contribution in [0.2, 0.25) is 0 Å². The van der Waals surface area contributed by atoms with Gasteiger partial charge in [0.2, 0.25) is 0 Å². The van der Waals surface area contributed by atoms with Crippen LogP contribution in [-0.2, 0) is 9.47 Å². The third kappa shape index (κ3) is 3.98. The molecule has 16 heavy (non-hydrogen) atoms. The van der Waals surface area contributed by atoms with Crippen LogP contribution in [0.1, 0.15) is 27.2 Å². The van der Waals surface area contributed by atoms with Crippen molar-refractivity contribution < 1.29 is 19.4 Å². The Labute approximate surface area is 96.3 Å². The second kappa shape index (κ2) is 5.50. The van der Waals surface area contributed by atoms with E-state index in [2.05, 4.69) is 0 Å². The minimum absolute atomic E-state index is 0.0763. The van der Waals surface area contributed by atoms with Gasteiger partial charge in [0.15, 0.2) is 0 Å². The van der Waals surface area contributed by atoms with Crippen LogP contribution in [0.25, 0.3) is 0 Å². The Morgan fingerprint density at radius 3 is 2.50 bits per heavy atom. The standard InChI is InChI=1S/C11H21NO4/c1-11(2,3)16-10(14)12(5-4-6-13)9-7-15-8-9/h9,13H,4-8H2,1-3H3. The molecular weight excluding hydrogens is 210 g/mol. The predicted octanol–water partition coefficient (Wildman–Crippen LogP) is 1.00. The lowest BCUT2D eigenvalue weighted by Gasteiger charge is -2.37. The smallest absolute Gasteiger partial charge is 0.410 e. The van der Waals surface area contributed by atoms with Crippen molar-refractivity contribution in [3.8, 4) is 0 Å². The largest absolute Gasteiger partial charge is 0.444 e. The number of nitrogens with zero attached hydrogens (tertiary/aromatic N) is 1. The first-order valence-corrected chi connectivity index (χ1v) is 5.62. The fourth-order valence-corrected chi connectivity index (χ4v) is 1.39. The number of amides is 1. The molecule has 1 amide bonds. The van der Waals surface area contributed by atoms with E-state index in [1.165, 1.54) is 0 Å². The normalized spacial score (nSPS) is 16.8. The van der Waals surface area contributed by atoms with Crippen molar-refractivity contribution in [3.05, 3.63) is 0 Å². The molecule has 0 radical (unpaired) electrons. The molecule has 0 aromatic carbocycles. The number of carbonyl (C=O) groups excluding carboxylic acids is 1. The topological polar surface area (TPSA) is 59.0 Å². The van der Waals surface area contributed by atoms with Crippen LogP contribution in [0.4, 0.5) is 4.79 Å². The highest BCUT2D eigenvalue weighted by atomic mass is 16.6. The molecular formula is C11H21NO4. The Balaban J connectivity index is 2.50. The van der Waals surface area contributed by atoms with Crippen molar-refractivity contribution in [1.29, 1.82) is 0 Å². The second-order valence-electron chi connectivity index (χ2n) is 4.94. The summed E-state index contributed by atoms with van der Waals surface area (Å²) < 4.78 is 10.4. The van der Waals surface area contributed by atoms with Crippen LogP contribution in [0.5, 0.6) is 0 Å². The van der Waals surface area contributed by atoms with E-state index in [-0.39, 0.29) is 18.7 Å². The monoisotopic (exact) mass is 231 g/mol. The van der Waals surface area contributed by atoms with Crippen LogP contribution in [0.3, 0.4) is 0 Å². The molecule has 94 valence electrons. The van der Waals surface area contributed by atoms with Crippen LogP contribution in [0, 0.1) is 0 Å². The Kier molecular flexibility index (Phi) is 4.56. The van der Waals surface area contributed by atoms with Gasteiger partial charge in [0.05, 0.1) is 19.3 Å². The molecule has 1 fully saturated rings. The van der Waals surface area contributed by atoms with Gasteiger partial charge in [-0.15, -0.1) is 0 Å². The number of rotatable bonds is 4. The number of aliphatic hydroxyl groups is 1. The van der Waals surface area contributed by atoms with Gasteiger partial charge in [0.25, 0.3) is 0 Å². The second-order valence-corrected chi connectivity index (χ2v) is 4.94. The highest BCUT2D eigenvalue weighted by Crippen LogP contribution is 2.16. The summed E-state index contributed by atoms with van der Waals surface area (Å²) in [6, 6.07) is 0.0985. The first-order chi connectivity index (χ1) is 7.44. The summed E-state index contributed by atoms with van der Waals surface area (Å²) in [5.74, 6) is 0. The molecule has 0 aromatic rings. The molecule has 1 rings (SSSR count). The van der Waals surface area contributed by atoms with E-state index in [1.54, 1.807) is 4.90 Å². The highest BCUT2D eigenvalue weighted by molar-refractivity contribution is 5.68. The highest BCUT2D eigenvalue weighted by Gasteiger charge is 2.32. The lowest BCUT2D eigenvalue weighted by Crippen LogP contribution is -2.53. The first kappa shape index (κ1) is 13.3. The molecule has 0 aromatic heterocycles. The minimum Gasteiger partial charge on any atom is -0.444 e. The third-order valence-corrected chi connectivity index (χ3v) is 2.25. The van der Waals surface area contributed by atoms with Crippen molar-refractivity contribution in [2.45, 2.75) is 38.8 Å². The Bertz CT molecular complexity index is 233. The Morgan fingerprint density at radius 2 is 2.12 bits per heavy atom. The number of hydrogen-bond donors (Lipinski definition) is 1. The van der Waals surface area contributed by atoms with E-state index in [9.17, 15) is 4.79 Å². The van der Waals surface area contributed by atoms with Gasteiger partial charge in [-0.05, 0) is 27.2 Å². The Hall–Kier alpha value is -0.810. The lowest BCUT2D eigenvalue weighted by molar-refractivity contribution is -0.0712. The summed E-state index contributed by atoms with van der Waals surface area (Å²) in [7, 11) is 0. The van der Waals surface area contributed by atoms with E-state index in [4.69, 9.17) is 14.6 Å². The van der Waals surface area contributed by atoms with E-state index < -0.39 is 5.60 Å². The van der Waals surface area contributed by atoms with E-state index >= 15 is 0 Å². The number of carbonyl (C=O) groups is 1. The van der Waals surface area contributed by atoms with Gasteiger partial charge in [0, 0.05) is 13.2 Å². The summed E-state index contributed by atoms with van der Waals surface area (Å²) in [6.45, 7) is 7.23. The molecule has 1 N–H and O–H groups in total. The number of aliphatic hydroxyl groups excluding tert-OH is 1. The average molecular weight is 231 g/mol. The molecule has 1 aliphatic heterocycles. The molecule has 0 aliphatic carbocycles. The van der Waals surface area contributed by atoms with Crippen molar-refractivity contribution >= 4 is 6.09 Å². The quantitative estimate of drug-likeness (QED) is 0.784. The molecule has 1 aliphatic rings. The van der Waals surface area contributed by atoms with Crippen molar-refractivity contribution in [2.75, 3.05) is 26.4 Å². The SMILES string of the molecule is CC(C)(C)OC(=O)N(CCCO)C1COC1. The molecule has 0 bridgehead atoms. The molecule has 1 heterocycles. The number of ether oxygens (including phenoxy) is 2. The van der Waals surface area contributed by atoms with Crippen LogP contribution in [-0.4, -0.2) is 54.1 Å². The zero-order chi connectivity index (χ0) is 12.2. The summed E-state index contributed by atoms with van der Waals surface area (Å²) in [6.07, 6.45) is 0.240. The minimum atomic E-state index is -0.487. The van der Waals surface area contributed by atoms with Crippen molar-refractivity contribution in [2.24, 2.45) is 0 Å². The van der Waals surface area contributed by atoms with Gasteiger partial charge < -0.3 is 19.5 Å². The van der Waals surface area contributed by atoms with Gasteiger partial charge >= 0.3 is 6.09 Å². The fraction of sp³-hybridized carbons (Fsp3) is 0.909. The molecule has 0 unspecified atom stereocenters. The zero-order valence-electron chi connectivity index (χ0n) is 10.2. The Morgan fingerprint density at radius 1 is 1.50 bits per heavy atom. The molecule has 0 saturated carbocycles. The van der Waals surface area contributed by atoms with Crippen LogP contribution in [0.15, 0.2) is 0 Å². The first-order valence-electron chi connectivity index (χ1n) is 5.62. The van der Waals surface area contributed by atoms with Gasteiger partial charge in [-0.2, -0.15) is 0 Å². The maximum Gasteiger partial charge on any atom is 0.410 e. The maximum atomic E-state index is 11.9. The van der Waals surface area contributed by atoms with E-state index in [1.807, 2.05) is 20.8 Å². The molecule has 5 nitrogen and oxygen atoms in total.